The lowest BCUT2D eigenvalue weighted by Gasteiger charge is -2.31. The Kier molecular flexibility index (Phi) is 9.35. The number of piperidine rings is 1. The third kappa shape index (κ3) is 7.42. The lowest BCUT2D eigenvalue weighted by atomic mass is 9.97. The molecule has 0 aromatic carbocycles. The Bertz CT molecular complexity index is 1140. The second-order valence-corrected chi connectivity index (χ2v) is 9.90. The standard InChI is InChI=1S/C27H34ClN5O4/c1-3-18(2)37-27(35)33-8-4-5-20(17-33)26(34)32-25-12-23(24(28)16-31-25)21-11-22(15-29-14-21)30-13-19-6-9-36-10-7-19/h3,11-12,14-16,19-20,30H,4-10,13,17H2,1-2H3,(H,31,32,34)/b18-3+/t20-/m1/s1. The summed E-state index contributed by atoms with van der Waals surface area (Å²) >= 11 is 6.47. The van der Waals surface area contributed by atoms with Gasteiger partial charge in [-0.2, -0.15) is 0 Å². The van der Waals surface area contributed by atoms with E-state index in [0.29, 0.717) is 42.0 Å². The van der Waals surface area contributed by atoms with Crippen molar-refractivity contribution in [2.45, 2.75) is 39.5 Å². The molecule has 1 atom stereocenters. The van der Waals surface area contributed by atoms with E-state index in [9.17, 15) is 9.59 Å². The summed E-state index contributed by atoms with van der Waals surface area (Å²) in [4.78, 5) is 35.7. The zero-order valence-corrected chi connectivity index (χ0v) is 22.1. The summed E-state index contributed by atoms with van der Waals surface area (Å²) in [6.07, 6.45) is 9.86. The van der Waals surface area contributed by atoms with Crippen LogP contribution in [0.4, 0.5) is 16.3 Å². The van der Waals surface area contributed by atoms with Crippen LogP contribution in [0.25, 0.3) is 11.1 Å². The van der Waals surface area contributed by atoms with Gasteiger partial charge in [0, 0.05) is 62.6 Å². The number of carbonyl (C=O) groups excluding carboxylic acids is 2. The van der Waals surface area contributed by atoms with Gasteiger partial charge in [0.1, 0.15) is 11.6 Å². The summed E-state index contributed by atoms with van der Waals surface area (Å²) < 4.78 is 10.7. The van der Waals surface area contributed by atoms with Gasteiger partial charge in [0.25, 0.3) is 0 Å². The molecule has 4 rings (SSSR count). The van der Waals surface area contributed by atoms with Crippen LogP contribution in [-0.4, -0.2) is 59.7 Å². The molecule has 37 heavy (non-hydrogen) atoms. The van der Waals surface area contributed by atoms with Gasteiger partial charge in [0.2, 0.25) is 5.91 Å². The first kappa shape index (κ1) is 26.9. The normalized spacial score (nSPS) is 18.8. The summed E-state index contributed by atoms with van der Waals surface area (Å²) in [7, 11) is 0. The van der Waals surface area contributed by atoms with E-state index in [1.165, 1.54) is 6.20 Å². The number of hydrogen-bond acceptors (Lipinski definition) is 7. The number of likely N-dealkylation sites (tertiary alicyclic amines) is 1. The molecule has 2 N–H and O–H groups in total. The monoisotopic (exact) mass is 527 g/mol. The highest BCUT2D eigenvalue weighted by molar-refractivity contribution is 6.33. The van der Waals surface area contributed by atoms with Crippen molar-refractivity contribution >= 4 is 35.1 Å². The highest BCUT2D eigenvalue weighted by Crippen LogP contribution is 2.31. The number of rotatable bonds is 7. The average molecular weight is 528 g/mol. The number of carbonyl (C=O) groups is 2. The number of aromatic nitrogens is 2. The summed E-state index contributed by atoms with van der Waals surface area (Å²) in [5, 5.41) is 6.83. The SMILES string of the molecule is C/C=C(\C)OC(=O)N1CCC[C@@H](C(=O)Nc2cc(-c3cncc(NCC4CCOCC4)c3)c(Cl)cn2)C1. The third-order valence-corrected chi connectivity index (χ3v) is 7.10. The minimum absolute atomic E-state index is 0.189. The van der Waals surface area contributed by atoms with Crippen molar-refractivity contribution in [2.24, 2.45) is 11.8 Å². The maximum absolute atomic E-state index is 13.0. The average Bonchev–Trinajstić information content (AvgIpc) is 2.93. The first-order chi connectivity index (χ1) is 17.9. The van der Waals surface area contributed by atoms with Gasteiger partial charge < -0.3 is 25.0 Å². The molecular weight excluding hydrogens is 494 g/mol. The highest BCUT2D eigenvalue weighted by Gasteiger charge is 2.29. The number of anilines is 2. The van der Waals surface area contributed by atoms with Gasteiger partial charge in [-0.3, -0.25) is 9.78 Å². The topological polar surface area (TPSA) is 106 Å². The lowest BCUT2D eigenvalue weighted by Crippen LogP contribution is -2.43. The molecule has 2 aliphatic heterocycles. The molecule has 2 saturated heterocycles. The predicted molar refractivity (Wildman–Crippen MR) is 143 cm³/mol. The molecule has 4 heterocycles. The summed E-state index contributed by atoms with van der Waals surface area (Å²) in [6, 6.07) is 3.75. The van der Waals surface area contributed by atoms with Gasteiger partial charge in [0.15, 0.2) is 0 Å². The zero-order valence-electron chi connectivity index (χ0n) is 21.3. The molecule has 9 nitrogen and oxygen atoms in total. The third-order valence-electron chi connectivity index (χ3n) is 6.80. The quantitative estimate of drug-likeness (QED) is 0.468. The maximum atomic E-state index is 13.0. The van der Waals surface area contributed by atoms with Gasteiger partial charge in [-0.05, 0) is 63.7 Å². The summed E-state index contributed by atoms with van der Waals surface area (Å²) in [5.41, 5.74) is 2.46. The van der Waals surface area contributed by atoms with E-state index in [2.05, 4.69) is 20.6 Å². The van der Waals surface area contributed by atoms with Crippen LogP contribution in [0.3, 0.4) is 0 Å². The second-order valence-electron chi connectivity index (χ2n) is 9.49. The number of ether oxygens (including phenoxy) is 2. The summed E-state index contributed by atoms with van der Waals surface area (Å²) in [6.45, 7) is 6.87. The fourth-order valence-corrected chi connectivity index (χ4v) is 4.68. The number of amides is 2. The number of nitrogens with zero attached hydrogens (tertiary/aromatic N) is 3. The van der Waals surface area contributed by atoms with Gasteiger partial charge in [-0.1, -0.05) is 11.6 Å². The largest absolute Gasteiger partial charge is 0.415 e. The molecule has 2 fully saturated rings. The maximum Gasteiger partial charge on any atom is 0.414 e. The first-order valence-corrected chi connectivity index (χ1v) is 13.1. The Morgan fingerprint density at radius 2 is 2.03 bits per heavy atom. The smallest absolute Gasteiger partial charge is 0.414 e. The molecule has 0 radical (unpaired) electrons. The van der Waals surface area contributed by atoms with Gasteiger partial charge in [0.05, 0.1) is 16.6 Å². The lowest BCUT2D eigenvalue weighted by molar-refractivity contribution is -0.121. The van der Waals surface area contributed by atoms with Crippen LogP contribution in [0.2, 0.25) is 5.02 Å². The van der Waals surface area contributed by atoms with Crippen molar-refractivity contribution in [1.29, 1.82) is 0 Å². The zero-order chi connectivity index (χ0) is 26.2. The molecular formula is C27H34ClN5O4. The van der Waals surface area contributed by atoms with Crippen molar-refractivity contribution in [3.8, 4) is 11.1 Å². The van der Waals surface area contributed by atoms with Crippen LogP contribution in [0.1, 0.15) is 39.5 Å². The molecule has 2 aliphatic rings. The number of hydrogen-bond donors (Lipinski definition) is 2. The Morgan fingerprint density at radius 3 is 2.81 bits per heavy atom. The number of nitrogens with one attached hydrogen (secondary N) is 2. The van der Waals surface area contributed by atoms with Gasteiger partial charge in [-0.25, -0.2) is 9.78 Å². The Morgan fingerprint density at radius 1 is 1.22 bits per heavy atom. The van der Waals surface area contributed by atoms with Crippen molar-refractivity contribution in [3.05, 3.63) is 47.6 Å². The van der Waals surface area contributed by atoms with Crippen LogP contribution in [0.15, 0.2) is 42.6 Å². The molecule has 10 heteroatoms. The molecule has 198 valence electrons. The van der Waals surface area contributed by atoms with E-state index in [1.54, 1.807) is 43.3 Å². The van der Waals surface area contributed by atoms with E-state index in [1.807, 2.05) is 6.07 Å². The molecule has 2 aromatic heterocycles. The minimum atomic E-state index is -0.433. The van der Waals surface area contributed by atoms with Gasteiger partial charge in [-0.15, -0.1) is 0 Å². The Balaban J connectivity index is 1.40. The van der Waals surface area contributed by atoms with E-state index in [-0.39, 0.29) is 11.8 Å². The van der Waals surface area contributed by atoms with Gasteiger partial charge >= 0.3 is 6.09 Å². The Hall–Kier alpha value is -3.17. The fraction of sp³-hybridized carbons (Fsp3) is 0.481. The second kappa shape index (κ2) is 12.9. The predicted octanol–water partition coefficient (Wildman–Crippen LogP) is 5.35. The van der Waals surface area contributed by atoms with Crippen molar-refractivity contribution < 1.29 is 19.1 Å². The van der Waals surface area contributed by atoms with Crippen molar-refractivity contribution in [3.63, 3.8) is 0 Å². The van der Waals surface area contributed by atoms with E-state index < -0.39 is 6.09 Å². The number of allylic oxidation sites excluding steroid dienone is 2. The number of pyridine rings is 2. The molecule has 2 amide bonds. The first-order valence-electron chi connectivity index (χ1n) is 12.8. The highest BCUT2D eigenvalue weighted by atomic mass is 35.5. The minimum Gasteiger partial charge on any atom is -0.415 e. The molecule has 2 aromatic rings. The molecule has 0 bridgehead atoms. The van der Waals surface area contributed by atoms with Crippen LogP contribution in [0, 0.1) is 11.8 Å². The van der Waals surface area contributed by atoms with Crippen molar-refractivity contribution in [1.82, 2.24) is 14.9 Å². The van der Waals surface area contributed by atoms with E-state index in [0.717, 1.165) is 55.8 Å². The molecule has 0 aliphatic carbocycles. The van der Waals surface area contributed by atoms with Crippen LogP contribution >= 0.6 is 11.6 Å². The molecule has 0 unspecified atom stereocenters. The Labute approximate surface area is 222 Å². The van der Waals surface area contributed by atoms with Crippen LogP contribution in [0.5, 0.6) is 0 Å². The van der Waals surface area contributed by atoms with E-state index in [4.69, 9.17) is 21.1 Å². The number of halogens is 1. The van der Waals surface area contributed by atoms with Crippen LogP contribution in [-0.2, 0) is 14.3 Å². The molecule has 0 spiro atoms. The molecule has 0 saturated carbocycles. The van der Waals surface area contributed by atoms with Crippen LogP contribution < -0.4 is 10.6 Å². The van der Waals surface area contributed by atoms with E-state index >= 15 is 0 Å². The summed E-state index contributed by atoms with van der Waals surface area (Å²) in [5.74, 6) is 0.966. The fourth-order valence-electron chi connectivity index (χ4n) is 4.47. The van der Waals surface area contributed by atoms with Crippen molar-refractivity contribution in [2.75, 3.05) is 43.5 Å².